The van der Waals surface area contributed by atoms with Crippen LogP contribution in [-0.2, 0) is 25.5 Å². The lowest BCUT2D eigenvalue weighted by Gasteiger charge is -2.08. The first-order valence-corrected chi connectivity index (χ1v) is 8.32. The van der Waals surface area contributed by atoms with Crippen LogP contribution in [0.15, 0.2) is 54.6 Å². The zero-order chi connectivity index (χ0) is 19.6. The van der Waals surface area contributed by atoms with Gasteiger partial charge in [-0.15, -0.1) is 0 Å². The predicted molar refractivity (Wildman–Crippen MR) is 97.8 cm³/mol. The first-order chi connectivity index (χ1) is 13.0. The summed E-state index contributed by atoms with van der Waals surface area (Å²) in [6, 6.07) is 15.9. The van der Waals surface area contributed by atoms with E-state index < -0.39 is 30.3 Å². The molecule has 0 aliphatic heterocycles. The maximum atomic E-state index is 12.0. The predicted octanol–water partition coefficient (Wildman–Crippen LogP) is 1.15. The number of hydrogen-bond acceptors (Lipinski definition) is 5. The Balaban J connectivity index is 1.69. The van der Waals surface area contributed by atoms with Gasteiger partial charge in [0, 0.05) is 5.56 Å². The molecule has 27 heavy (non-hydrogen) atoms. The second-order valence-corrected chi connectivity index (χ2v) is 5.79. The Bertz CT molecular complexity index is 833. The number of carbonyl (C=O) groups is 4. The zero-order valence-corrected chi connectivity index (χ0v) is 14.9. The third-order valence-corrected chi connectivity index (χ3v) is 3.63. The minimum absolute atomic E-state index is 0.0486. The van der Waals surface area contributed by atoms with Crippen LogP contribution >= 0.6 is 0 Å². The van der Waals surface area contributed by atoms with E-state index in [1.807, 2.05) is 6.07 Å². The summed E-state index contributed by atoms with van der Waals surface area (Å²) < 4.78 is 4.75. The number of rotatable bonds is 7. The highest BCUT2D eigenvalue weighted by Gasteiger charge is 2.13. The van der Waals surface area contributed by atoms with Gasteiger partial charge in [0.25, 0.3) is 11.8 Å². The van der Waals surface area contributed by atoms with Gasteiger partial charge in [0.2, 0.25) is 5.91 Å². The van der Waals surface area contributed by atoms with Crippen molar-refractivity contribution in [2.45, 2.75) is 13.3 Å². The van der Waals surface area contributed by atoms with Crippen LogP contribution in [0.3, 0.4) is 0 Å². The van der Waals surface area contributed by atoms with Gasteiger partial charge in [-0.1, -0.05) is 48.5 Å². The highest BCUT2D eigenvalue weighted by atomic mass is 16.5. The zero-order valence-electron chi connectivity index (χ0n) is 14.9. The second-order valence-electron chi connectivity index (χ2n) is 5.79. The standard InChI is InChI=1S/C20H20N2O5/c1-14-7-5-6-10-16(14)20(26)21-12-19(25)27-13-18(24)22-17(23)11-15-8-3-2-4-9-15/h2-10H,11-13H2,1H3,(H,21,26)(H,22,23,24). The van der Waals surface area contributed by atoms with E-state index in [0.29, 0.717) is 5.56 Å². The van der Waals surface area contributed by atoms with Gasteiger partial charge in [0.15, 0.2) is 6.61 Å². The number of benzene rings is 2. The van der Waals surface area contributed by atoms with Crippen molar-refractivity contribution < 1.29 is 23.9 Å². The van der Waals surface area contributed by atoms with Gasteiger partial charge in [0.1, 0.15) is 6.54 Å². The van der Waals surface area contributed by atoms with Crippen LogP contribution in [0.2, 0.25) is 0 Å². The number of ether oxygens (including phenoxy) is 1. The number of carbonyl (C=O) groups excluding carboxylic acids is 4. The summed E-state index contributed by atoms with van der Waals surface area (Å²) in [6.45, 7) is 0.808. The molecular weight excluding hydrogens is 348 g/mol. The average molecular weight is 368 g/mol. The number of amides is 3. The van der Waals surface area contributed by atoms with E-state index in [1.165, 1.54) is 0 Å². The van der Waals surface area contributed by atoms with Crippen molar-refractivity contribution in [1.82, 2.24) is 10.6 Å². The van der Waals surface area contributed by atoms with Crippen LogP contribution in [0.1, 0.15) is 21.5 Å². The Morgan fingerprint density at radius 3 is 2.26 bits per heavy atom. The molecule has 0 atom stereocenters. The fraction of sp³-hybridized carbons (Fsp3) is 0.200. The number of nitrogens with one attached hydrogen (secondary N) is 2. The molecule has 0 aliphatic carbocycles. The Hall–Kier alpha value is -3.48. The van der Waals surface area contributed by atoms with Crippen molar-refractivity contribution in [1.29, 1.82) is 0 Å². The first kappa shape index (κ1) is 19.8. The van der Waals surface area contributed by atoms with Crippen LogP contribution in [0, 0.1) is 6.92 Å². The molecule has 7 heteroatoms. The molecule has 2 aromatic rings. The lowest BCUT2D eigenvalue weighted by Crippen LogP contribution is -2.37. The van der Waals surface area contributed by atoms with E-state index in [-0.39, 0.29) is 13.0 Å². The highest BCUT2D eigenvalue weighted by Crippen LogP contribution is 2.06. The fourth-order valence-corrected chi connectivity index (χ4v) is 2.29. The Morgan fingerprint density at radius 1 is 0.889 bits per heavy atom. The van der Waals surface area contributed by atoms with E-state index in [4.69, 9.17) is 4.74 Å². The van der Waals surface area contributed by atoms with E-state index in [2.05, 4.69) is 10.6 Å². The van der Waals surface area contributed by atoms with Gasteiger partial charge in [-0.05, 0) is 24.1 Å². The third-order valence-electron chi connectivity index (χ3n) is 3.63. The van der Waals surface area contributed by atoms with E-state index in [9.17, 15) is 19.2 Å². The summed E-state index contributed by atoms with van der Waals surface area (Å²) in [7, 11) is 0. The number of aryl methyl sites for hydroxylation is 1. The number of esters is 1. The molecule has 0 saturated carbocycles. The van der Waals surface area contributed by atoms with Gasteiger partial charge in [-0.3, -0.25) is 24.5 Å². The topological polar surface area (TPSA) is 102 Å². The number of imide groups is 1. The Kier molecular flexibility index (Phi) is 7.25. The first-order valence-electron chi connectivity index (χ1n) is 8.32. The van der Waals surface area contributed by atoms with Gasteiger partial charge in [-0.2, -0.15) is 0 Å². The molecule has 0 aromatic heterocycles. The molecule has 0 unspecified atom stereocenters. The second kappa shape index (κ2) is 9.86. The summed E-state index contributed by atoms with van der Waals surface area (Å²) in [4.78, 5) is 47.0. The van der Waals surface area contributed by atoms with E-state index >= 15 is 0 Å². The molecule has 0 aliphatic rings. The molecule has 0 heterocycles. The van der Waals surface area contributed by atoms with Crippen LogP contribution in [0.25, 0.3) is 0 Å². The molecule has 3 amide bonds. The lowest BCUT2D eigenvalue weighted by atomic mass is 10.1. The Morgan fingerprint density at radius 2 is 1.56 bits per heavy atom. The van der Waals surface area contributed by atoms with E-state index in [0.717, 1.165) is 11.1 Å². The SMILES string of the molecule is Cc1ccccc1C(=O)NCC(=O)OCC(=O)NC(=O)Cc1ccccc1. The lowest BCUT2D eigenvalue weighted by molar-refractivity contribution is -0.148. The average Bonchev–Trinajstić information content (AvgIpc) is 2.65. The van der Waals surface area contributed by atoms with Crippen molar-refractivity contribution >= 4 is 23.7 Å². The van der Waals surface area contributed by atoms with Gasteiger partial charge < -0.3 is 10.1 Å². The molecule has 2 N–H and O–H groups in total. The van der Waals surface area contributed by atoms with Crippen molar-refractivity contribution in [3.63, 3.8) is 0 Å². The molecule has 7 nitrogen and oxygen atoms in total. The normalized spacial score (nSPS) is 9.96. The smallest absolute Gasteiger partial charge is 0.325 e. The van der Waals surface area contributed by atoms with Crippen molar-refractivity contribution in [2.24, 2.45) is 0 Å². The van der Waals surface area contributed by atoms with Crippen molar-refractivity contribution in [3.8, 4) is 0 Å². The van der Waals surface area contributed by atoms with Gasteiger partial charge in [-0.25, -0.2) is 0 Å². The molecule has 0 saturated heterocycles. The maximum absolute atomic E-state index is 12.0. The molecule has 140 valence electrons. The molecule has 0 bridgehead atoms. The van der Waals surface area contributed by atoms with Crippen molar-refractivity contribution in [3.05, 3.63) is 71.3 Å². The Labute approximate surface area is 156 Å². The monoisotopic (exact) mass is 368 g/mol. The summed E-state index contributed by atoms with van der Waals surface area (Å²) in [6.07, 6.45) is 0.0486. The molecule has 2 rings (SSSR count). The summed E-state index contributed by atoms with van der Waals surface area (Å²) in [5.41, 5.74) is 1.99. The van der Waals surface area contributed by atoms with E-state index in [1.54, 1.807) is 55.5 Å². The van der Waals surface area contributed by atoms with Crippen molar-refractivity contribution in [2.75, 3.05) is 13.2 Å². The largest absolute Gasteiger partial charge is 0.454 e. The molecule has 0 spiro atoms. The molecule has 2 aromatic carbocycles. The summed E-state index contributed by atoms with van der Waals surface area (Å²) in [5.74, 6) is -2.40. The van der Waals surface area contributed by atoms with Crippen LogP contribution in [-0.4, -0.2) is 36.8 Å². The molecular formula is C20H20N2O5. The quantitative estimate of drug-likeness (QED) is 0.714. The molecule has 0 fully saturated rings. The summed E-state index contributed by atoms with van der Waals surface area (Å²) >= 11 is 0. The summed E-state index contributed by atoms with van der Waals surface area (Å²) in [5, 5.41) is 4.56. The maximum Gasteiger partial charge on any atom is 0.325 e. The fourth-order valence-electron chi connectivity index (χ4n) is 2.29. The third kappa shape index (κ3) is 6.74. The van der Waals surface area contributed by atoms with Gasteiger partial charge in [0.05, 0.1) is 6.42 Å². The van der Waals surface area contributed by atoms with Gasteiger partial charge >= 0.3 is 5.97 Å². The minimum atomic E-state index is -0.775. The number of hydrogen-bond donors (Lipinski definition) is 2. The highest BCUT2D eigenvalue weighted by molar-refractivity contribution is 5.98. The van der Waals surface area contributed by atoms with Crippen LogP contribution < -0.4 is 10.6 Å². The molecule has 0 radical (unpaired) electrons. The minimum Gasteiger partial charge on any atom is -0.454 e. The van der Waals surface area contributed by atoms with Crippen LogP contribution in [0.4, 0.5) is 0 Å². The van der Waals surface area contributed by atoms with Crippen LogP contribution in [0.5, 0.6) is 0 Å².